The Balaban J connectivity index is 2.08. The van der Waals surface area contributed by atoms with Crippen LogP contribution < -0.4 is 25.1 Å². The molecule has 0 aliphatic carbocycles. The van der Waals surface area contributed by atoms with Crippen LogP contribution in [0.25, 0.3) is 0 Å². The van der Waals surface area contributed by atoms with Crippen LogP contribution in [0.5, 0.6) is 11.5 Å². The van der Waals surface area contributed by atoms with Gasteiger partial charge in [0.2, 0.25) is 5.91 Å². The van der Waals surface area contributed by atoms with Crippen LogP contribution in [0.3, 0.4) is 0 Å². The van der Waals surface area contributed by atoms with Gasteiger partial charge in [-0.2, -0.15) is 5.10 Å². The first-order chi connectivity index (χ1) is 15.8. The number of benzene rings is 2. The largest absolute Gasteiger partial charge is 0.497 e. The monoisotopic (exact) mass is 454 g/mol. The Bertz CT molecular complexity index is 953. The minimum Gasteiger partial charge on any atom is -0.497 e. The Morgan fingerprint density at radius 2 is 1.67 bits per heavy atom. The molecule has 0 aliphatic rings. The third kappa shape index (κ3) is 6.97. The average Bonchev–Trinajstić information content (AvgIpc) is 2.80. The van der Waals surface area contributed by atoms with E-state index in [1.807, 2.05) is 32.0 Å². The van der Waals surface area contributed by atoms with Crippen molar-refractivity contribution in [1.82, 2.24) is 5.43 Å². The number of hydrogen-bond acceptors (Lipinski definition) is 6. The Hall–Kier alpha value is -3.55. The summed E-state index contributed by atoms with van der Waals surface area (Å²) in [6.07, 6.45) is 1.52. The van der Waals surface area contributed by atoms with E-state index in [0.717, 1.165) is 24.3 Å². The number of carbonyl (C=O) groups excluding carboxylic acids is 2. The summed E-state index contributed by atoms with van der Waals surface area (Å²) in [6.45, 7) is 9.59. The van der Waals surface area contributed by atoms with Gasteiger partial charge < -0.3 is 19.7 Å². The van der Waals surface area contributed by atoms with Crippen molar-refractivity contribution in [1.29, 1.82) is 0 Å². The zero-order valence-electron chi connectivity index (χ0n) is 20.2. The number of amides is 2. The number of nitrogens with zero attached hydrogens (tertiary/aromatic N) is 2. The molecule has 1 unspecified atom stereocenters. The van der Waals surface area contributed by atoms with Gasteiger partial charge in [-0.1, -0.05) is 13.8 Å². The summed E-state index contributed by atoms with van der Waals surface area (Å²) in [5, 5.41) is 6.84. The summed E-state index contributed by atoms with van der Waals surface area (Å²) in [7, 11) is 3.16. The number of hydrazone groups is 1. The highest BCUT2D eigenvalue weighted by molar-refractivity contribution is 6.06. The van der Waals surface area contributed by atoms with E-state index in [1.165, 1.54) is 6.21 Å². The molecule has 0 aromatic heterocycles. The summed E-state index contributed by atoms with van der Waals surface area (Å²) >= 11 is 0. The zero-order chi connectivity index (χ0) is 24.4. The maximum Gasteiger partial charge on any atom is 0.252 e. The fraction of sp³-hybridized carbons (Fsp3) is 0.400. The highest BCUT2D eigenvalue weighted by atomic mass is 16.5. The molecule has 1 atom stereocenters. The Morgan fingerprint density at radius 3 is 2.21 bits per heavy atom. The molecule has 8 heteroatoms. The van der Waals surface area contributed by atoms with E-state index in [2.05, 4.69) is 34.6 Å². The van der Waals surface area contributed by atoms with Crippen LogP contribution in [0.1, 0.15) is 33.3 Å². The third-order valence-corrected chi connectivity index (χ3v) is 5.31. The molecule has 0 aliphatic heterocycles. The lowest BCUT2D eigenvalue weighted by atomic mass is 9.94. The van der Waals surface area contributed by atoms with Gasteiger partial charge in [0, 0.05) is 36.1 Å². The highest BCUT2D eigenvalue weighted by Gasteiger charge is 2.30. The Labute approximate surface area is 196 Å². The highest BCUT2D eigenvalue weighted by Crippen LogP contribution is 2.24. The molecule has 2 aromatic rings. The SMILES string of the molecule is CCN(CC)c1ccc(C=NNC(=O)C(C(=O)Nc2ccc(OC)cc2)C(C)C)c(OC)c1. The number of rotatable bonds is 11. The summed E-state index contributed by atoms with van der Waals surface area (Å²) in [4.78, 5) is 27.7. The van der Waals surface area contributed by atoms with Crippen LogP contribution in [0.4, 0.5) is 11.4 Å². The first kappa shape index (κ1) is 25.7. The molecule has 2 aromatic carbocycles. The van der Waals surface area contributed by atoms with E-state index in [0.29, 0.717) is 17.2 Å². The van der Waals surface area contributed by atoms with Crippen molar-refractivity contribution in [3.8, 4) is 11.5 Å². The van der Waals surface area contributed by atoms with Gasteiger partial charge >= 0.3 is 0 Å². The van der Waals surface area contributed by atoms with Crippen molar-refractivity contribution >= 4 is 29.4 Å². The standard InChI is InChI=1S/C25H34N4O4/c1-7-29(8-2)20-12-9-18(22(15-20)33-6)16-26-28-25(31)23(17(3)4)24(30)27-19-10-13-21(32-5)14-11-19/h9-17,23H,7-8H2,1-6H3,(H,27,30)(H,28,31). The molecular weight excluding hydrogens is 420 g/mol. The Kier molecular flexibility index (Phi) is 9.72. The molecule has 0 heterocycles. The summed E-state index contributed by atoms with van der Waals surface area (Å²) in [6, 6.07) is 12.7. The van der Waals surface area contributed by atoms with Gasteiger partial charge in [-0.15, -0.1) is 0 Å². The second-order valence-corrected chi connectivity index (χ2v) is 7.77. The molecule has 2 amide bonds. The fourth-order valence-corrected chi connectivity index (χ4v) is 3.45. The van der Waals surface area contributed by atoms with Crippen molar-refractivity contribution < 1.29 is 19.1 Å². The smallest absolute Gasteiger partial charge is 0.252 e. The first-order valence-corrected chi connectivity index (χ1v) is 11.0. The number of ether oxygens (including phenoxy) is 2. The molecule has 178 valence electrons. The van der Waals surface area contributed by atoms with Crippen LogP contribution in [0.15, 0.2) is 47.6 Å². The molecule has 2 N–H and O–H groups in total. The number of methoxy groups -OCH3 is 2. The second-order valence-electron chi connectivity index (χ2n) is 7.77. The van der Waals surface area contributed by atoms with Crippen LogP contribution in [0, 0.1) is 11.8 Å². The van der Waals surface area contributed by atoms with Crippen molar-refractivity contribution in [3.05, 3.63) is 48.0 Å². The van der Waals surface area contributed by atoms with Gasteiger partial charge in [-0.05, 0) is 56.2 Å². The van der Waals surface area contributed by atoms with Crippen molar-refractivity contribution in [2.75, 3.05) is 37.5 Å². The predicted molar refractivity (Wildman–Crippen MR) is 132 cm³/mol. The topological polar surface area (TPSA) is 92.3 Å². The van der Waals surface area contributed by atoms with Crippen LogP contribution in [-0.2, 0) is 9.59 Å². The molecule has 0 fully saturated rings. The lowest BCUT2D eigenvalue weighted by molar-refractivity contribution is -0.134. The number of anilines is 2. The number of carbonyl (C=O) groups is 2. The Morgan fingerprint density at radius 1 is 1.00 bits per heavy atom. The minimum atomic E-state index is -0.906. The van der Waals surface area contributed by atoms with Crippen LogP contribution >= 0.6 is 0 Å². The van der Waals surface area contributed by atoms with Gasteiger partial charge in [-0.3, -0.25) is 9.59 Å². The van der Waals surface area contributed by atoms with E-state index in [9.17, 15) is 9.59 Å². The van der Waals surface area contributed by atoms with Gasteiger partial charge in [0.25, 0.3) is 5.91 Å². The van der Waals surface area contributed by atoms with Gasteiger partial charge in [0.15, 0.2) is 0 Å². The van der Waals surface area contributed by atoms with Crippen molar-refractivity contribution in [2.45, 2.75) is 27.7 Å². The molecule has 33 heavy (non-hydrogen) atoms. The maximum atomic E-state index is 12.8. The second kappa shape index (κ2) is 12.5. The van der Waals surface area contributed by atoms with E-state index in [4.69, 9.17) is 9.47 Å². The van der Waals surface area contributed by atoms with Gasteiger partial charge in [0.1, 0.15) is 17.4 Å². The fourth-order valence-electron chi connectivity index (χ4n) is 3.45. The number of hydrogen-bond donors (Lipinski definition) is 2. The molecule has 8 nitrogen and oxygen atoms in total. The maximum absolute atomic E-state index is 12.8. The normalized spacial score (nSPS) is 11.8. The molecule has 0 saturated carbocycles. The van der Waals surface area contributed by atoms with Crippen molar-refractivity contribution in [3.63, 3.8) is 0 Å². The molecule has 0 spiro atoms. The quantitative estimate of drug-likeness (QED) is 0.305. The molecule has 0 bridgehead atoms. The molecule has 0 radical (unpaired) electrons. The van der Waals surface area contributed by atoms with E-state index >= 15 is 0 Å². The number of nitrogens with one attached hydrogen (secondary N) is 2. The van der Waals surface area contributed by atoms with Crippen LogP contribution in [-0.4, -0.2) is 45.3 Å². The zero-order valence-corrected chi connectivity index (χ0v) is 20.2. The van der Waals surface area contributed by atoms with Gasteiger partial charge in [-0.25, -0.2) is 5.43 Å². The molecular formula is C25H34N4O4. The average molecular weight is 455 g/mol. The lowest BCUT2D eigenvalue weighted by Crippen LogP contribution is -2.39. The van der Waals surface area contributed by atoms with E-state index in [-0.39, 0.29) is 5.92 Å². The van der Waals surface area contributed by atoms with E-state index in [1.54, 1.807) is 38.5 Å². The summed E-state index contributed by atoms with van der Waals surface area (Å²) < 4.78 is 10.6. The van der Waals surface area contributed by atoms with Crippen molar-refractivity contribution in [2.24, 2.45) is 16.9 Å². The lowest BCUT2D eigenvalue weighted by Gasteiger charge is -2.22. The summed E-state index contributed by atoms with van der Waals surface area (Å²) in [5.74, 6) is -0.677. The third-order valence-electron chi connectivity index (χ3n) is 5.31. The van der Waals surface area contributed by atoms with Crippen LogP contribution in [0.2, 0.25) is 0 Å². The predicted octanol–water partition coefficient (Wildman–Crippen LogP) is 3.91. The minimum absolute atomic E-state index is 0.221. The summed E-state index contributed by atoms with van der Waals surface area (Å²) in [5.41, 5.74) is 4.85. The first-order valence-electron chi connectivity index (χ1n) is 11.0. The van der Waals surface area contributed by atoms with E-state index < -0.39 is 17.7 Å². The van der Waals surface area contributed by atoms with Gasteiger partial charge in [0.05, 0.1) is 20.4 Å². The molecule has 2 rings (SSSR count). The molecule has 0 saturated heterocycles.